The minimum Gasteiger partial charge on any atom is -0.356 e. The Balaban J connectivity index is 4.56. The van der Waals surface area contributed by atoms with Crippen molar-refractivity contribution in [1.29, 1.82) is 0 Å². The molecule has 23 heavy (non-hydrogen) atoms. The van der Waals surface area contributed by atoms with Gasteiger partial charge in [-0.25, -0.2) is 0 Å². The van der Waals surface area contributed by atoms with Crippen LogP contribution in [0.5, 0.6) is 0 Å². The molecule has 136 valence electrons. The first-order valence-corrected chi connectivity index (χ1v) is 8.43. The van der Waals surface area contributed by atoms with Gasteiger partial charge in [-0.1, -0.05) is 62.3 Å². The molecule has 0 spiro atoms. The third kappa shape index (κ3) is 9.72. The maximum atomic E-state index is 13.1. The molecule has 0 aromatic rings. The van der Waals surface area contributed by atoms with Crippen molar-refractivity contribution >= 4 is 11.9 Å². The Morgan fingerprint density at radius 1 is 0.826 bits per heavy atom. The largest absolute Gasteiger partial charge is 0.356 e. The third-order valence-electron chi connectivity index (χ3n) is 3.86. The zero-order chi connectivity index (χ0) is 18.7. The van der Waals surface area contributed by atoms with E-state index in [4.69, 9.17) is 0 Å². The number of hydrogen-bond acceptors (Lipinski definition) is 2. The number of carbonyl (C=O) groups excluding carboxylic acids is 2. The molecule has 0 unspecified atom stereocenters. The average Bonchev–Trinajstić information content (AvgIpc) is 2.20. The summed E-state index contributed by atoms with van der Waals surface area (Å²) in [7, 11) is 0. The van der Waals surface area contributed by atoms with Crippen LogP contribution < -0.4 is 5.32 Å². The SMILES string of the molecule is CC(C)(C)CC(C)(C)CC(=O)NCC(C)(C)CC(C)(C)C(=O)F. The molecule has 3 nitrogen and oxygen atoms in total. The lowest BCUT2D eigenvalue weighted by Gasteiger charge is -2.34. The van der Waals surface area contributed by atoms with E-state index in [9.17, 15) is 14.0 Å². The fraction of sp³-hybridized carbons (Fsp3) is 0.895. The second-order valence-electron chi connectivity index (χ2n) is 10.4. The third-order valence-corrected chi connectivity index (χ3v) is 3.86. The Morgan fingerprint density at radius 2 is 1.30 bits per heavy atom. The van der Waals surface area contributed by atoms with Crippen molar-refractivity contribution in [1.82, 2.24) is 5.32 Å². The van der Waals surface area contributed by atoms with Gasteiger partial charge in [0.25, 0.3) is 0 Å². The summed E-state index contributed by atoms with van der Waals surface area (Å²) in [6, 6.07) is -1.30. The number of carbonyl (C=O) groups is 2. The van der Waals surface area contributed by atoms with Crippen LogP contribution in [0.4, 0.5) is 4.39 Å². The molecule has 0 fully saturated rings. The summed E-state index contributed by atoms with van der Waals surface area (Å²) >= 11 is 0. The second-order valence-corrected chi connectivity index (χ2v) is 10.4. The van der Waals surface area contributed by atoms with Crippen LogP contribution in [0.15, 0.2) is 0 Å². The first kappa shape index (κ1) is 22.1. The first-order chi connectivity index (χ1) is 9.96. The molecule has 0 aliphatic rings. The highest BCUT2D eigenvalue weighted by molar-refractivity contribution is 5.76. The number of rotatable bonds is 8. The highest BCUT2D eigenvalue weighted by Crippen LogP contribution is 2.36. The smallest absolute Gasteiger partial charge is 0.307 e. The van der Waals surface area contributed by atoms with E-state index in [1.165, 1.54) is 0 Å². The molecule has 0 radical (unpaired) electrons. The van der Waals surface area contributed by atoms with Crippen LogP contribution in [0.3, 0.4) is 0 Å². The van der Waals surface area contributed by atoms with Crippen LogP contribution in [-0.2, 0) is 9.59 Å². The van der Waals surface area contributed by atoms with E-state index >= 15 is 0 Å². The van der Waals surface area contributed by atoms with Crippen molar-refractivity contribution in [2.45, 2.75) is 81.6 Å². The van der Waals surface area contributed by atoms with Crippen LogP contribution >= 0.6 is 0 Å². The molecule has 0 heterocycles. The van der Waals surface area contributed by atoms with Gasteiger partial charge in [0.05, 0.1) is 5.41 Å². The van der Waals surface area contributed by atoms with Gasteiger partial charge in [0, 0.05) is 13.0 Å². The van der Waals surface area contributed by atoms with Gasteiger partial charge in [0.2, 0.25) is 5.91 Å². The lowest BCUT2D eigenvalue weighted by atomic mass is 9.74. The van der Waals surface area contributed by atoms with E-state index < -0.39 is 11.5 Å². The molecule has 0 rings (SSSR count). The van der Waals surface area contributed by atoms with E-state index in [0.29, 0.717) is 19.4 Å². The molecule has 1 amide bonds. The number of amides is 1. The van der Waals surface area contributed by atoms with Gasteiger partial charge in [-0.05, 0) is 29.1 Å². The maximum Gasteiger partial charge on any atom is 0.307 e. The van der Waals surface area contributed by atoms with Crippen molar-refractivity contribution < 1.29 is 14.0 Å². The predicted octanol–water partition coefficient (Wildman–Crippen LogP) is 4.89. The lowest BCUT2D eigenvalue weighted by molar-refractivity contribution is -0.140. The first-order valence-electron chi connectivity index (χ1n) is 8.43. The quantitative estimate of drug-likeness (QED) is 0.644. The van der Waals surface area contributed by atoms with Crippen molar-refractivity contribution in [2.75, 3.05) is 6.54 Å². The molecule has 4 heteroatoms. The van der Waals surface area contributed by atoms with Crippen LogP contribution in [0.2, 0.25) is 0 Å². The zero-order valence-electron chi connectivity index (χ0n) is 16.5. The van der Waals surface area contributed by atoms with Crippen LogP contribution in [0.1, 0.15) is 81.6 Å². The number of nitrogens with one attached hydrogen (secondary N) is 1. The summed E-state index contributed by atoms with van der Waals surface area (Å²) in [4.78, 5) is 23.3. The maximum absolute atomic E-state index is 13.1. The van der Waals surface area contributed by atoms with Gasteiger partial charge in [-0.2, -0.15) is 4.39 Å². The molecule has 0 aliphatic heterocycles. The normalized spacial score (nSPS) is 13.8. The molecule has 0 saturated heterocycles. The van der Waals surface area contributed by atoms with Crippen molar-refractivity contribution in [3.63, 3.8) is 0 Å². The number of hydrogen-bond donors (Lipinski definition) is 1. The minimum absolute atomic E-state index is 0.0108. The van der Waals surface area contributed by atoms with Gasteiger partial charge in [0.15, 0.2) is 0 Å². The van der Waals surface area contributed by atoms with Crippen molar-refractivity contribution in [3.05, 3.63) is 0 Å². The Labute approximate surface area is 141 Å². The highest BCUT2D eigenvalue weighted by atomic mass is 19.1. The summed E-state index contributed by atoms with van der Waals surface area (Å²) < 4.78 is 13.1. The zero-order valence-corrected chi connectivity index (χ0v) is 16.5. The van der Waals surface area contributed by atoms with Crippen LogP contribution in [-0.4, -0.2) is 18.5 Å². The van der Waals surface area contributed by atoms with Gasteiger partial charge in [-0.15, -0.1) is 0 Å². The van der Waals surface area contributed by atoms with Gasteiger partial charge >= 0.3 is 6.04 Å². The second kappa shape index (κ2) is 7.31. The molecule has 0 atom stereocenters. The topological polar surface area (TPSA) is 46.2 Å². The fourth-order valence-electron chi connectivity index (χ4n) is 3.66. The summed E-state index contributed by atoms with van der Waals surface area (Å²) in [6.07, 6.45) is 1.81. The van der Waals surface area contributed by atoms with Crippen molar-refractivity contribution in [3.8, 4) is 0 Å². The molecular formula is C19H36FNO2. The number of halogens is 1. The molecule has 0 saturated carbocycles. The molecule has 0 aromatic carbocycles. The molecule has 1 N–H and O–H groups in total. The van der Waals surface area contributed by atoms with Gasteiger partial charge < -0.3 is 5.32 Å². The van der Waals surface area contributed by atoms with Crippen molar-refractivity contribution in [2.24, 2.45) is 21.7 Å². The standard InChI is InChI=1S/C19H36FNO2/c1-16(2,3)11-17(4,5)10-14(22)21-13-18(6,7)12-19(8,9)15(20)23/h10-13H2,1-9H3,(H,21,22). The van der Waals surface area contributed by atoms with E-state index in [1.54, 1.807) is 13.8 Å². The lowest BCUT2D eigenvalue weighted by Crippen LogP contribution is -2.39. The molecule has 0 aromatic heterocycles. The minimum atomic E-state index is -1.30. The van der Waals surface area contributed by atoms with Crippen LogP contribution in [0, 0.1) is 21.7 Å². The van der Waals surface area contributed by atoms with E-state index in [1.807, 2.05) is 13.8 Å². The summed E-state index contributed by atoms with van der Waals surface area (Å²) in [5, 5.41) is 2.95. The highest BCUT2D eigenvalue weighted by Gasteiger charge is 2.35. The Bertz CT molecular complexity index is 431. The van der Waals surface area contributed by atoms with E-state index in [2.05, 4.69) is 39.9 Å². The van der Waals surface area contributed by atoms with Gasteiger partial charge in [0.1, 0.15) is 0 Å². The molecule has 0 aliphatic carbocycles. The molecular weight excluding hydrogens is 293 g/mol. The predicted molar refractivity (Wildman–Crippen MR) is 93.8 cm³/mol. The monoisotopic (exact) mass is 329 g/mol. The Hall–Kier alpha value is -0.930. The summed E-state index contributed by atoms with van der Waals surface area (Å²) in [5.74, 6) is 0.0108. The fourth-order valence-corrected chi connectivity index (χ4v) is 3.66. The van der Waals surface area contributed by atoms with Gasteiger partial charge in [-0.3, -0.25) is 9.59 Å². The summed E-state index contributed by atoms with van der Waals surface area (Å²) in [6.45, 7) is 18.3. The summed E-state index contributed by atoms with van der Waals surface area (Å²) in [5.41, 5.74) is -1.25. The Kier molecular flexibility index (Phi) is 7.02. The van der Waals surface area contributed by atoms with E-state index in [-0.39, 0.29) is 22.2 Å². The average molecular weight is 330 g/mol. The Morgan fingerprint density at radius 3 is 1.70 bits per heavy atom. The molecule has 0 bridgehead atoms. The van der Waals surface area contributed by atoms with E-state index in [0.717, 1.165) is 6.42 Å². The van der Waals surface area contributed by atoms with Crippen LogP contribution in [0.25, 0.3) is 0 Å².